The van der Waals surface area contributed by atoms with Crippen LogP contribution in [0.15, 0.2) is 47.6 Å². The fraction of sp³-hybridized carbons (Fsp3) is 0. The molecular formula is C16H9FN4OS2. The first kappa shape index (κ1) is 15.0. The lowest BCUT2D eigenvalue weighted by Crippen LogP contribution is -2.17. The zero-order valence-electron chi connectivity index (χ0n) is 12.1. The number of thioether (sulfide) groups is 1. The predicted octanol–water partition coefficient (Wildman–Crippen LogP) is 3.02. The van der Waals surface area contributed by atoms with Crippen molar-refractivity contribution in [3.05, 3.63) is 59.0 Å². The minimum absolute atomic E-state index is 0.241. The molecule has 3 aromatic rings. The monoisotopic (exact) mass is 356 g/mol. The molecule has 1 N–H and O–H groups in total. The highest BCUT2D eigenvalue weighted by atomic mass is 32.2. The molecule has 5 nitrogen and oxygen atoms in total. The Hall–Kier alpha value is -2.58. The third kappa shape index (κ3) is 2.59. The van der Waals surface area contributed by atoms with E-state index < -0.39 is 0 Å². The smallest absolute Gasteiger partial charge is 0.263 e. The van der Waals surface area contributed by atoms with Gasteiger partial charge in [-0.25, -0.2) is 13.9 Å². The minimum Gasteiger partial charge on any atom is -0.307 e. The summed E-state index contributed by atoms with van der Waals surface area (Å²) in [6.07, 6.45) is 4.99. The fourth-order valence-electron chi connectivity index (χ4n) is 2.37. The molecule has 0 atom stereocenters. The van der Waals surface area contributed by atoms with E-state index in [1.54, 1.807) is 47.3 Å². The lowest BCUT2D eigenvalue weighted by Gasteiger charge is -2.03. The molecular weight excluding hydrogens is 347 g/mol. The molecule has 0 spiro atoms. The van der Waals surface area contributed by atoms with Crippen LogP contribution in [0.2, 0.25) is 0 Å². The molecule has 0 radical (unpaired) electrons. The molecule has 1 amide bonds. The average molecular weight is 356 g/mol. The first-order chi connectivity index (χ1) is 11.6. The van der Waals surface area contributed by atoms with Crippen molar-refractivity contribution in [3.63, 3.8) is 0 Å². The maximum atomic E-state index is 14.0. The van der Waals surface area contributed by atoms with Crippen LogP contribution in [0.3, 0.4) is 0 Å². The van der Waals surface area contributed by atoms with Gasteiger partial charge in [0.05, 0.1) is 16.8 Å². The van der Waals surface area contributed by atoms with Gasteiger partial charge in [0.1, 0.15) is 10.1 Å². The van der Waals surface area contributed by atoms with Crippen molar-refractivity contribution >= 4 is 45.9 Å². The Morgan fingerprint density at radius 1 is 1.29 bits per heavy atom. The van der Waals surface area contributed by atoms with Gasteiger partial charge in [0, 0.05) is 17.3 Å². The van der Waals surface area contributed by atoms with E-state index in [0.717, 1.165) is 0 Å². The number of carbonyl (C=O) groups is 1. The summed E-state index contributed by atoms with van der Waals surface area (Å²) in [5.41, 5.74) is 2.11. The van der Waals surface area contributed by atoms with Crippen molar-refractivity contribution in [2.24, 2.45) is 0 Å². The van der Waals surface area contributed by atoms with E-state index in [1.807, 2.05) is 0 Å². The lowest BCUT2D eigenvalue weighted by atomic mass is 10.1. The summed E-state index contributed by atoms with van der Waals surface area (Å²) in [6.45, 7) is 0. The van der Waals surface area contributed by atoms with Crippen LogP contribution in [0.4, 0.5) is 4.39 Å². The van der Waals surface area contributed by atoms with Gasteiger partial charge in [0.2, 0.25) is 0 Å². The Morgan fingerprint density at radius 2 is 2.12 bits per heavy atom. The molecule has 0 saturated carbocycles. The number of carbonyl (C=O) groups excluding carboxylic acids is 1. The summed E-state index contributed by atoms with van der Waals surface area (Å²) < 4.78 is 16.0. The maximum absolute atomic E-state index is 14.0. The number of halogens is 1. The number of rotatable bonds is 2. The molecule has 1 saturated heterocycles. The molecule has 0 bridgehead atoms. The molecule has 3 heterocycles. The van der Waals surface area contributed by atoms with Gasteiger partial charge in [-0.05, 0) is 24.3 Å². The first-order valence-electron chi connectivity index (χ1n) is 6.96. The van der Waals surface area contributed by atoms with E-state index in [9.17, 15) is 9.18 Å². The van der Waals surface area contributed by atoms with Crippen LogP contribution in [0.5, 0.6) is 0 Å². The Bertz CT molecular complexity index is 1030. The summed E-state index contributed by atoms with van der Waals surface area (Å²) in [5.74, 6) is -0.584. The second kappa shape index (κ2) is 5.81. The van der Waals surface area contributed by atoms with Crippen LogP contribution in [0.25, 0.3) is 23.0 Å². The number of nitrogens with one attached hydrogen (secondary N) is 1. The van der Waals surface area contributed by atoms with Crippen LogP contribution >= 0.6 is 24.0 Å². The molecule has 4 rings (SSSR count). The first-order valence-corrected chi connectivity index (χ1v) is 8.18. The van der Waals surface area contributed by atoms with Gasteiger partial charge in [-0.15, -0.1) is 0 Å². The fourth-order valence-corrected chi connectivity index (χ4v) is 3.40. The zero-order chi connectivity index (χ0) is 16.7. The van der Waals surface area contributed by atoms with Crippen molar-refractivity contribution in [1.82, 2.24) is 19.9 Å². The molecule has 0 aliphatic carbocycles. The minimum atomic E-state index is -0.343. The number of benzene rings is 1. The number of hydrogen-bond acceptors (Lipinski definition) is 5. The van der Waals surface area contributed by atoms with E-state index in [-0.39, 0.29) is 11.7 Å². The van der Waals surface area contributed by atoms with Crippen LogP contribution < -0.4 is 5.32 Å². The van der Waals surface area contributed by atoms with Gasteiger partial charge >= 0.3 is 0 Å². The molecule has 24 heavy (non-hydrogen) atoms. The molecule has 1 fully saturated rings. The van der Waals surface area contributed by atoms with Gasteiger partial charge in [0.15, 0.2) is 5.65 Å². The maximum Gasteiger partial charge on any atom is 0.263 e. The molecule has 1 aliphatic rings. The normalized spacial score (nSPS) is 16.1. The highest BCUT2D eigenvalue weighted by Gasteiger charge is 2.22. The van der Waals surface area contributed by atoms with Crippen LogP contribution in [0, 0.1) is 5.82 Å². The highest BCUT2D eigenvalue weighted by molar-refractivity contribution is 8.26. The van der Waals surface area contributed by atoms with Crippen LogP contribution in [0.1, 0.15) is 5.56 Å². The van der Waals surface area contributed by atoms with Crippen molar-refractivity contribution < 1.29 is 9.18 Å². The molecule has 0 unspecified atom stereocenters. The summed E-state index contributed by atoms with van der Waals surface area (Å²) in [6, 6.07) is 8.14. The third-order valence-electron chi connectivity index (χ3n) is 3.47. The molecule has 1 aromatic carbocycles. The molecule has 1 aliphatic heterocycles. The number of nitrogens with zero attached hydrogens (tertiary/aromatic N) is 3. The van der Waals surface area contributed by atoms with E-state index in [1.165, 1.54) is 17.8 Å². The largest absolute Gasteiger partial charge is 0.307 e. The van der Waals surface area contributed by atoms with Gasteiger partial charge in [-0.3, -0.25) is 4.79 Å². The molecule has 8 heteroatoms. The SMILES string of the molecule is O=C1NC(=S)S/C1=C/c1cnn2ccc(-c3ccccc3F)nc12. The highest BCUT2D eigenvalue weighted by Crippen LogP contribution is 2.27. The standard InChI is InChI=1S/C16H9FN4OS2/c17-11-4-2-1-3-10(11)12-5-6-21-14(19-12)9(8-18-21)7-13-15(22)20-16(23)24-13/h1-8H,(H,20,22,23)/b13-7+. The van der Waals surface area contributed by atoms with Crippen molar-refractivity contribution in [1.29, 1.82) is 0 Å². The molecule has 2 aromatic heterocycles. The Morgan fingerprint density at radius 3 is 2.88 bits per heavy atom. The van der Waals surface area contributed by atoms with Gasteiger partial charge < -0.3 is 5.32 Å². The zero-order valence-corrected chi connectivity index (χ0v) is 13.7. The second-order valence-corrected chi connectivity index (χ2v) is 6.73. The summed E-state index contributed by atoms with van der Waals surface area (Å²) in [4.78, 5) is 16.8. The second-order valence-electron chi connectivity index (χ2n) is 5.01. The van der Waals surface area contributed by atoms with Crippen molar-refractivity contribution in [3.8, 4) is 11.3 Å². The van der Waals surface area contributed by atoms with E-state index in [2.05, 4.69) is 15.4 Å². The third-order valence-corrected chi connectivity index (χ3v) is 4.64. The van der Waals surface area contributed by atoms with Crippen LogP contribution in [-0.2, 0) is 4.79 Å². The lowest BCUT2D eigenvalue weighted by molar-refractivity contribution is -0.115. The number of hydrogen-bond donors (Lipinski definition) is 1. The summed E-state index contributed by atoms with van der Waals surface area (Å²) in [5, 5.41) is 6.77. The van der Waals surface area contributed by atoms with E-state index in [4.69, 9.17) is 12.2 Å². The summed E-state index contributed by atoms with van der Waals surface area (Å²) >= 11 is 6.17. The predicted molar refractivity (Wildman–Crippen MR) is 94.7 cm³/mol. The quantitative estimate of drug-likeness (QED) is 0.565. The Labute approximate surface area is 145 Å². The van der Waals surface area contributed by atoms with E-state index in [0.29, 0.717) is 31.7 Å². The van der Waals surface area contributed by atoms with Crippen molar-refractivity contribution in [2.45, 2.75) is 0 Å². The van der Waals surface area contributed by atoms with Gasteiger partial charge in [-0.2, -0.15) is 5.10 Å². The Kier molecular flexibility index (Phi) is 3.62. The van der Waals surface area contributed by atoms with E-state index >= 15 is 0 Å². The number of fused-ring (bicyclic) bond motifs is 1. The number of amides is 1. The topological polar surface area (TPSA) is 59.3 Å². The van der Waals surface area contributed by atoms with Crippen LogP contribution in [-0.4, -0.2) is 24.8 Å². The molecule has 118 valence electrons. The Balaban J connectivity index is 1.83. The van der Waals surface area contributed by atoms with Gasteiger partial charge in [0.25, 0.3) is 5.91 Å². The summed E-state index contributed by atoms with van der Waals surface area (Å²) in [7, 11) is 0. The average Bonchev–Trinajstić information content (AvgIpc) is 3.11. The number of thiocarbonyl (C=S) groups is 1. The van der Waals surface area contributed by atoms with Gasteiger partial charge in [-0.1, -0.05) is 36.1 Å². The number of aromatic nitrogens is 3. The van der Waals surface area contributed by atoms with Crippen molar-refractivity contribution in [2.75, 3.05) is 0 Å².